The van der Waals surface area contributed by atoms with Crippen molar-refractivity contribution in [3.8, 4) is 16.2 Å². The topological polar surface area (TPSA) is 71.5 Å². The van der Waals surface area contributed by atoms with Crippen LogP contribution in [0, 0.1) is 0 Å². The van der Waals surface area contributed by atoms with Crippen molar-refractivity contribution in [3.05, 3.63) is 35.5 Å². The fraction of sp³-hybridized carbons (Fsp3) is 0.286. The van der Waals surface area contributed by atoms with E-state index in [2.05, 4.69) is 10.3 Å². The van der Waals surface area contributed by atoms with Gasteiger partial charge in [-0.2, -0.15) is 0 Å². The summed E-state index contributed by atoms with van der Waals surface area (Å²) in [7, 11) is 0. The summed E-state index contributed by atoms with van der Waals surface area (Å²) in [5.74, 6) is 1.02. The summed E-state index contributed by atoms with van der Waals surface area (Å²) >= 11 is 1.57. The van der Waals surface area contributed by atoms with Crippen molar-refractivity contribution in [1.29, 1.82) is 0 Å². The third-order valence-corrected chi connectivity index (χ3v) is 4.20. The van der Waals surface area contributed by atoms with E-state index in [9.17, 15) is 4.79 Å². The van der Waals surface area contributed by atoms with Crippen LogP contribution in [0.3, 0.4) is 0 Å². The van der Waals surface area contributed by atoms with E-state index in [4.69, 9.17) is 9.84 Å². The summed E-state index contributed by atoms with van der Waals surface area (Å²) in [5.41, 5.74) is 3.89. The third-order valence-electron chi connectivity index (χ3n) is 3.40. The number of carboxylic acid groups (broad SMARTS) is 1. The SMILES string of the molecule is O=C(O)NCC1CCOc2c(-c3cncs3)cccc21. The molecule has 1 aliphatic rings. The van der Waals surface area contributed by atoms with Gasteiger partial charge in [0.25, 0.3) is 0 Å². The zero-order valence-corrected chi connectivity index (χ0v) is 11.5. The Bertz CT molecular complexity index is 613. The van der Waals surface area contributed by atoms with Gasteiger partial charge in [0.15, 0.2) is 0 Å². The number of aromatic nitrogens is 1. The van der Waals surface area contributed by atoms with Gasteiger partial charge in [-0.15, -0.1) is 11.3 Å². The Labute approximate surface area is 120 Å². The first kappa shape index (κ1) is 12.9. The second-order valence-electron chi connectivity index (χ2n) is 4.61. The predicted octanol–water partition coefficient (Wildman–Crippen LogP) is 2.94. The second-order valence-corrected chi connectivity index (χ2v) is 5.50. The number of thiazole rings is 1. The van der Waals surface area contributed by atoms with Gasteiger partial charge in [0.2, 0.25) is 0 Å². The molecule has 0 saturated carbocycles. The Morgan fingerprint density at radius 3 is 3.20 bits per heavy atom. The monoisotopic (exact) mass is 290 g/mol. The Hall–Kier alpha value is -2.08. The highest BCUT2D eigenvalue weighted by Crippen LogP contribution is 2.41. The van der Waals surface area contributed by atoms with E-state index in [1.165, 1.54) is 0 Å². The van der Waals surface area contributed by atoms with Crippen molar-refractivity contribution in [3.63, 3.8) is 0 Å². The summed E-state index contributed by atoms with van der Waals surface area (Å²) in [6.45, 7) is 1.02. The van der Waals surface area contributed by atoms with Crippen molar-refractivity contribution >= 4 is 17.4 Å². The lowest BCUT2D eigenvalue weighted by atomic mass is 9.91. The summed E-state index contributed by atoms with van der Waals surface area (Å²) in [4.78, 5) is 15.8. The number of rotatable bonds is 3. The first-order valence-corrected chi connectivity index (χ1v) is 7.25. The average molecular weight is 290 g/mol. The highest BCUT2D eigenvalue weighted by molar-refractivity contribution is 7.13. The minimum Gasteiger partial charge on any atom is -0.493 e. The van der Waals surface area contributed by atoms with Gasteiger partial charge in [0, 0.05) is 24.2 Å². The Kier molecular flexibility index (Phi) is 3.56. The van der Waals surface area contributed by atoms with Gasteiger partial charge in [-0.1, -0.05) is 12.1 Å². The normalized spacial score (nSPS) is 17.1. The molecular weight excluding hydrogens is 276 g/mol. The van der Waals surface area contributed by atoms with Crippen LogP contribution in [0.1, 0.15) is 17.9 Å². The molecule has 6 heteroatoms. The van der Waals surface area contributed by atoms with Gasteiger partial charge in [-0.25, -0.2) is 4.79 Å². The van der Waals surface area contributed by atoms with Crippen molar-refractivity contribution < 1.29 is 14.6 Å². The highest BCUT2D eigenvalue weighted by atomic mass is 32.1. The van der Waals surface area contributed by atoms with Crippen molar-refractivity contribution in [2.45, 2.75) is 12.3 Å². The van der Waals surface area contributed by atoms with E-state index in [0.717, 1.165) is 28.2 Å². The number of carbonyl (C=O) groups is 1. The molecule has 1 atom stereocenters. The number of nitrogens with one attached hydrogen (secondary N) is 1. The van der Waals surface area contributed by atoms with Gasteiger partial charge in [0.1, 0.15) is 5.75 Å². The van der Waals surface area contributed by atoms with Crippen LogP contribution in [-0.2, 0) is 0 Å². The van der Waals surface area contributed by atoms with Crippen LogP contribution < -0.4 is 10.1 Å². The third kappa shape index (κ3) is 2.46. The van der Waals surface area contributed by atoms with Crippen LogP contribution in [0.2, 0.25) is 0 Å². The molecular formula is C14H14N2O3S. The molecule has 0 aliphatic carbocycles. The maximum Gasteiger partial charge on any atom is 0.404 e. The quantitative estimate of drug-likeness (QED) is 0.911. The zero-order chi connectivity index (χ0) is 13.9. The largest absolute Gasteiger partial charge is 0.493 e. The van der Waals surface area contributed by atoms with Crippen LogP contribution in [0.5, 0.6) is 5.75 Å². The predicted molar refractivity (Wildman–Crippen MR) is 76.4 cm³/mol. The van der Waals surface area contributed by atoms with E-state index in [1.54, 1.807) is 16.8 Å². The van der Waals surface area contributed by atoms with Crippen LogP contribution in [0.25, 0.3) is 10.4 Å². The minimum absolute atomic E-state index is 0.155. The van der Waals surface area contributed by atoms with E-state index >= 15 is 0 Å². The molecule has 0 bridgehead atoms. The summed E-state index contributed by atoms with van der Waals surface area (Å²) in [6, 6.07) is 6.00. The van der Waals surface area contributed by atoms with Crippen LogP contribution in [0.4, 0.5) is 4.79 Å². The maximum absolute atomic E-state index is 10.7. The average Bonchev–Trinajstić information content (AvgIpc) is 2.98. The van der Waals surface area contributed by atoms with E-state index in [1.807, 2.05) is 24.4 Å². The van der Waals surface area contributed by atoms with Crippen molar-refractivity contribution in [2.24, 2.45) is 0 Å². The zero-order valence-electron chi connectivity index (χ0n) is 10.7. The molecule has 0 radical (unpaired) electrons. The van der Waals surface area contributed by atoms with E-state index in [0.29, 0.717) is 13.2 Å². The lowest BCUT2D eigenvalue weighted by Gasteiger charge is -2.27. The number of benzene rings is 1. The Morgan fingerprint density at radius 1 is 1.55 bits per heavy atom. The molecule has 2 heterocycles. The summed E-state index contributed by atoms with van der Waals surface area (Å²) in [5, 5.41) is 11.2. The van der Waals surface area contributed by atoms with Gasteiger partial charge >= 0.3 is 6.09 Å². The smallest absolute Gasteiger partial charge is 0.404 e. The maximum atomic E-state index is 10.7. The standard InChI is InChI=1S/C14H14N2O3S/c17-14(18)16-6-9-4-5-19-13-10(9)2-1-3-11(13)12-7-15-8-20-12/h1-3,7-9,16H,4-6H2,(H,17,18). The molecule has 0 spiro atoms. The number of para-hydroxylation sites is 1. The number of ether oxygens (including phenoxy) is 1. The molecule has 1 aromatic heterocycles. The molecule has 1 unspecified atom stereocenters. The Balaban J connectivity index is 1.94. The summed E-state index contributed by atoms with van der Waals surface area (Å²) in [6.07, 6.45) is 1.65. The van der Waals surface area contributed by atoms with Crippen LogP contribution in [0.15, 0.2) is 29.9 Å². The number of amides is 1. The van der Waals surface area contributed by atoms with Gasteiger partial charge < -0.3 is 15.2 Å². The molecule has 1 aromatic carbocycles. The molecule has 1 amide bonds. The first-order chi connectivity index (χ1) is 9.75. The molecule has 20 heavy (non-hydrogen) atoms. The van der Waals surface area contributed by atoms with Crippen molar-refractivity contribution in [2.75, 3.05) is 13.2 Å². The molecule has 2 aromatic rings. The van der Waals surface area contributed by atoms with Crippen molar-refractivity contribution in [1.82, 2.24) is 10.3 Å². The number of nitrogens with zero attached hydrogens (tertiary/aromatic N) is 1. The molecule has 104 valence electrons. The molecule has 0 fully saturated rings. The summed E-state index contributed by atoms with van der Waals surface area (Å²) < 4.78 is 5.82. The second kappa shape index (κ2) is 5.50. The molecule has 0 saturated heterocycles. The fourth-order valence-corrected chi connectivity index (χ4v) is 3.11. The van der Waals surface area contributed by atoms with E-state index < -0.39 is 6.09 Å². The van der Waals surface area contributed by atoms with Gasteiger partial charge in [-0.05, 0) is 18.1 Å². The van der Waals surface area contributed by atoms with Crippen LogP contribution >= 0.6 is 11.3 Å². The highest BCUT2D eigenvalue weighted by Gasteiger charge is 2.24. The number of hydrogen-bond acceptors (Lipinski definition) is 4. The molecule has 5 nitrogen and oxygen atoms in total. The lowest BCUT2D eigenvalue weighted by molar-refractivity contribution is 0.191. The fourth-order valence-electron chi connectivity index (χ4n) is 2.46. The van der Waals surface area contributed by atoms with Gasteiger partial charge in [0.05, 0.1) is 17.0 Å². The number of hydrogen-bond donors (Lipinski definition) is 2. The van der Waals surface area contributed by atoms with E-state index in [-0.39, 0.29) is 5.92 Å². The molecule has 3 rings (SSSR count). The number of fused-ring (bicyclic) bond motifs is 1. The minimum atomic E-state index is -0.989. The van der Waals surface area contributed by atoms with Gasteiger partial charge in [-0.3, -0.25) is 4.98 Å². The van der Waals surface area contributed by atoms with Crippen LogP contribution in [-0.4, -0.2) is 29.3 Å². The lowest BCUT2D eigenvalue weighted by Crippen LogP contribution is -2.29. The Morgan fingerprint density at radius 2 is 2.45 bits per heavy atom. The molecule has 1 aliphatic heterocycles. The molecule has 2 N–H and O–H groups in total. The first-order valence-electron chi connectivity index (χ1n) is 6.37.